The summed E-state index contributed by atoms with van der Waals surface area (Å²) in [6, 6.07) is 4.02. The van der Waals surface area contributed by atoms with Gasteiger partial charge in [0, 0.05) is 36.2 Å². The lowest BCUT2D eigenvalue weighted by atomic mass is 9.97. The maximum atomic E-state index is 12.5. The molecule has 142 valence electrons. The third-order valence-electron chi connectivity index (χ3n) is 5.23. The van der Waals surface area contributed by atoms with E-state index < -0.39 is 0 Å². The number of carbonyl (C=O) groups is 2. The van der Waals surface area contributed by atoms with Crippen LogP contribution in [-0.4, -0.2) is 47.4 Å². The molecule has 7 heteroatoms. The fourth-order valence-corrected chi connectivity index (χ4v) is 4.01. The standard InChI is InChI=1S/C19H27BrN4O2/c20-15-7-8-17(21-12-15)23-19(26)14-4-3-10-24(13-14)11-9-18(25)22-16-5-1-2-6-16/h7-8,12,14,16H,1-6,9-11,13H2,(H,22,25)(H,21,23,26). The summed E-state index contributed by atoms with van der Waals surface area (Å²) in [5, 5.41) is 6.03. The van der Waals surface area contributed by atoms with Gasteiger partial charge in [-0.2, -0.15) is 0 Å². The average Bonchev–Trinajstić information content (AvgIpc) is 3.15. The Morgan fingerprint density at radius 1 is 1.19 bits per heavy atom. The van der Waals surface area contributed by atoms with Gasteiger partial charge in [-0.15, -0.1) is 0 Å². The fourth-order valence-electron chi connectivity index (χ4n) is 3.78. The first kappa shape index (κ1) is 19.3. The van der Waals surface area contributed by atoms with E-state index in [0.29, 0.717) is 24.8 Å². The Morgan fingerprint density at radius 2 is 2.00 bits per heavy atom. The molecule has 1 aromatic rings. The summed E-state index contributed by atoms with van der Waals surface area (Å²) >= 11 is 3.34. The molecule has 2 aliphatic rings. The predicted molar refractivity (Wildman–Crippen MR) is 105 cm³/mol. The van der Waals surface area contributed by atoms with Crippen molar-refractivity contribution in [2.75, 3.05) is 25.0 Å². The molecule has 0 aromatic carbocycles. The van der Waals surface area contributed by atoms with Gasteiger partial charge in [-0.25, -0.2) is 4.98 Å². The molecular formula is C19H27BrN4O2. The molecule has 1 atom stereocenters. The van der Waals surface area contributed by atoms with E-state index >= 15 is 0 Å². The second-order valence-corrected chi connectivity index (χ2v) is 8.21. The van der Waals surface area contributed by atoms with Crippen molar-refractivity contribution in [3.8, 4) is 0 Å². The van der Waals surface area contributed by atoms with Gasteiger partial charge < -0.3 is 15.5 Å². The molecule has 1 unspecified atom stereocenters. The van der Waals surface area contributed by atoms with E-state index in [-0.39, 0.29) is 17.7 Å². The number of anilines is 1. The molecule has 1 saturated heterocycles. The van der Waals surface area contributed by atoms with E-state index in [1.807, 2.05) is 6.07 Å². The number of pyridine rings is 1. The van der Waals surface area contributed by atoms with Gasteiger partial charge in [0.1, 0.15) is 5.82 Å². The summed E-state index contributed by atoms with van der Waals surface area (Å²) in [5.41, 5.74) is 0. The number of likely N-dealkylation sites (tertiary alicyclic amines) is 1. The number of aromatic nitrogens is 1. The Bertz CT molecular complexity index is 616. The van der Waals surface area contributed by atoms with E-state index in [1.165, 1.54) is 12.8 Å². The molecule has 2 amide bonds. The van der Waals surface area contributed by atoms with Crippen molar-refractivity contribution in [2.24, 2.45) is 5.92 Å². The lowest BCUT2D eigenvalue weighted by molar-refractivity contribution is -0.122. The van der Waals surface area contributed by atoms with Crippen LogP contribution in [0.1, 0.15) is 44.9 Å². The highest BCUT2D eigenvalue weighted by Crippen LogP contribution is 2.20. The first-order valence-electron chi connectivity index (χ1n) is 9.54. The first-order chi connectivity index (χ1) is 12.6. The van der Waals surface area contributed by atoms with Crippen LogP contribution in [0.2, 0.25) is 0 Å². The average molecular weight is 423 g/mol. The van der Waals surface area contributed by atoms with Gasteiger partial charge in [0.2, 0.25) is 11.8 Å². The molecule has 0 radical (unpaired) electrons. The zero-order chi connectivity index (χ0) is 18.4. The van der Waals surface area contributed by atoms with Crippen LogP contribution in [0.15, 0.2) is 22.8 Å². The SMILES string of the molecule is O=C(CCN1CCCC(C(=O)Nc2ccc(Br)cn2)C1)NC1CCCC1. The van der Waals surface area contributed by atoms with E-state index in [9.17, 15) is 9.59 Å². The van der Waals surface area contributed by atoms with Crippen LogP contribution in [-0.2, 0) is 9.59 Å². The third kappa shape index (κ3) is 5.77. The highest BCUT2D eigenvalue weighted by molar-refractivity contribution is 9.10. The van der Waals surface area contributed by atoms with Gasteiger partial charge in [-0.05, 0) is 60.3 Å². The molecule has 0 bridgehead atoms. The van der Waals surface area contributed by atoms with Gasteiger partial charge in [-0.1, -0.05) is 12.8 Å². The zero-order valence-electron chi connectivity index (χ0n) is 15.0. The quantitative estimate of drug-likeness (QED) is 0.738. The van der Waals surface area contributed by atoms with E-state index in [0.717, 1.165) is 43.2 Å². The number of carbonyl (C=O) groups excluding carboxylic acids is 2. The summed E-state index contributed by atoms with van der Waals surface area (Å²) in [6.07, 6.45) is 8.72. The number of nitrogens with zero attached hydrogens (tertiary/aromatic N) is 2. The molecule has 2 fully saturated rings. The van der Waals surface area contributed by atoms with Gasteiger partial charge in [0.05, 0.1) is 5.92 Å². The number of halogens is 1. The largest absolute Gasteiger partial charge is 0.353 e. The highest BCUT2D eigenvalue weighted by atomic mass is 79.9. The second kappa shape index (κ2) is 9.46. The summed E-state index contributed by atoms with van der Waals surface area (Å²) in [5.74, 6) is 0.681. The van der Waals surface area contributed by atoms with Crippen molar-refractivity contribution >= 4 is 33.6 Å². The Labute approximate surface area is 163 Å². The van der Waals surface area contributed by atoms with Gasteiger partial charge >= 0.3 is 0 Å². The molecule has 6 nitrogen and oxygen atoms in total. The Kier molecular flexibility index (Phi) is 7.02. The van der Waals surface area contributed by atoms with Crippen molar-refractivity contribution in [1.82, 2.24) is 15.2 Å². The molecule has 1 aliphatic heterocycles. The maximum Gasteiger partial charge on any atom is 0.229 e. The summed E-state index contributed by atoms with van der Waals surface area (Å²) in [4.78, 5) is 31.0. The summed E-state index contributed by atoms with van der Waals surface area (Å²) < 4.78 is 0.884. The molecule has 2 N–H and O–H groups in total. The molecule has 26 heavy (non-hydrogen) atoms. The Hall–Kier alpha value is -1.47. The van der Waals surface area contributed by atoms with Crippen molar-refractivity contribution in [3.63, 3.8) is 0 Å². The lowest BCUT2D eigenvalue weighted by Gasteiger charge is -2.31. The van der Waals surface area contributed by atoms with Crippen molar-refractivity contribution in [2.45, 2.75) is 51.0 Å². The summed E-state index contributed by atoms with van der Waals surface area (Å²) in [7, 11) is 0. The van der Waals surface area contributed by atoms with E-state index in [1.54, 1.807) is 12.3 Å². The number of hydrogen-bond donors (Lipinski definition) is 2. The van der Waals surface area contributed by atoms with Crippen LogP contribution in [0.5, 0.6) is 0 Å². The first-order valence-corrected chi connectivity index (χ1v) is 10.3. The number of amides is 2. The molecule has 1 aromatic heterocycles. The van der Waals surface area contributed by atoms with Gasteiger partial charge in [-0.3, -0.25) is 9.59 Å². The monoisotopic (exact) mass is 422 g/mol. The number of rotatable bonds is 6. The van der Waals surface area contributed by atoms with Crippen LogP contribution >= 0.6 is 15.9 Å². The fraction of sp³-hybridized carbons (Fsp3) is 0.632. The maximum absolute atomic E-state index is 12.5. The van der Waals surface area contributed by atoms with E-state index in [2.05, 4.69) is 36.4 Å². The lowest BCUT2D eigenvalue weighted by Crippen LogP contribution is -2.42. The van der Waals surface area contributed by atoms with Gasteiger partial charge in [0.15, 0.2) is 0 Å². The van der Waals surface area contributed by atoms with Crippen molar-refractivity contribution in [1.29, 1.82) is 0 Å². The Balaban J connectivity index is 1.42. The zero-order valence-corrected chi connectivity index (χ0v) is 16.6. The second-order valence-electron chi connectivity index (χ2n) is 7.29. The molecule has 1 saturated carbocycles. The highest BCUT2D eigenvalue weighted by Gasteiger charge is 2.26. The predicted octanol–water partition coefficient (Wildman–Crippen LogP) is 2.94. The Morgan fingerprint density at radius 3 is 2.73 bits per heavy atom. The minimum atomic E-state index is -0.0490. The third-order valence-corrected chi connectivity index (χ3v) is 5.70. The van der Waals surface area contributed by atoms with Crippen LogP contribution in [0, 0.1) is 5.92 Å². The van der Waals surface area contributed by atoms with Crippen LogP contribution in [0.25, 0.3) is 0 Å². The van der Waals surface area contributed by atoms with Crippen molar-refractivity contribution in [3.05, 3.63) is 22.8 Å². The molecular weight excluding hydrogens is 396 g/mol. The normalized spacial score (nSPS) is 21.5. The molecule has 0 spiro atoms. The number of piperidine rings is 1. The number of hydrogen-bond acceptors (Lipinski definition) is 4. The van der Waals surface area contributed by atoms with Gasteiger partial charge in [0.25, 0.3) is 0 Å². The number of nitrogens with one attached hydrogen (secondary N) is 2. The summed E-state index contributed by atoms with van der Waals surface area (Å²) in [6.45, 7) is 2.38. The molecule has 2 heterocycles. The van der Waals surface area contributed by atoms with Crippen LogP contribution in [0.3, 0.4) is 0 Å². The molecule has 3 rings (SSSR count). The van der Waals surface area contributed by atoms with Crippen LogP contribution in [0.4, 0.5) is 5.82 Å². The van der Waals surface area contributed by atoms with E-state index in [4.69, 9.17) is 0 Å². The minimum Gasteiger partial charge on any atom is -0.353 e. The van der Waals surface area contributed by atoms with Crippen LogP contribution < -0.4 is 10.6 Å². The minimum absolute atomic E-state index is 0.0138. The molecule has 1 aliphatic carbocycles. The smallest absolute Gasteiger partial charge is 0.229 e. The van der Waals surface area contributed by atoms with Crippen molar-refractivity contribution < 1.29 is 9.59 Å². The topological polar surface area (TPSA) is 74.3 Å².